The van der Waals surface area contributed by atoms with E-state index in [9.17, 15) is 9.59 Å². The van der Waals surface area contributed by atoms with Crippen LogP contribution in [0.5, 0.6) is 5.75 Å². The van der Waals surface area contributed by atoms with Crippen LogP contribution in [0.25, 0.3) is 5.69 Å². The topological polar surface area (TPSA) is 86.1 Å². The van der Waals surface area contributed by atoms with E-state index in [-0.39, 0.29) is 17.4 Å². The summed E-state index contributed by atoms with van der Waals surface area (Å²) < 4.78 is 7.10. The molecular formula is C23H25ClN4O3S. The fraction of sp³-hybridized carbons (Fsp3) is 0.304. The average Bonchev–Trinajstić information content (AvgIpc) is 3.19. The van der Waals surface area contributed by atoms with Crippen LogP contribution in [0.4, 0.5) is 0 Å². The number of hydrogen-bond acceptors (Lipinski definition) is 6. The van der Waals surface area contributed by atoms with Crippen molar-refractivity contribution >= 4 is 35.1 Å². The molecule has 2 aromatic carbocycles. The molecule has 1 heterocycles. The molecule has 0 atom stereocenters. The molecule has 0 saturated heterocycles. The summed E-state index contributed by atoms with van der Waals surface area (Å²) in [6, 6.07) is 13.0. The van der Waals surface area contributed by atoms with Crippen LogP contribution in [0.1, 0.15) is 35.6 Å². The summed E-state index contributed by atoms with van der Waals surface area (Å²) in [5.41, 5.74) is 2.61. The number of methoxy groups -OCH3 is 1. The first-order chi connectivity index (χ1) is 15.4. The Morgan fingerprint density at radius 1 is 1.16 bits per heavy atom. The first-order valence-corrected chi connectivity index (χ1v) is 11.6. The van der Waals surface area contributed by atoms with Gasteiger partial charge in [-0.05, 0) is 30.2 Å². The smallest absolute Gasteiger partial charge is 0.216 e. The van der Waals surface area contributed by atoms with Gasteiger partial charge in [0.05, 0.1) is 23.6 Å². The summed E-state index contributed by atoms with van der Waals surface area (Å²) in [6.45, 7) is 3.97. The Labute approximate surface area is 196 Å². The second kappa shape index (κ2) is 11.2. The highest BCUT2D eigenvalue weighted by atomic mass is 35.5. The molecule has 1 amide bonds. The summed E-state index contributed by atoms with van der Waals surface area (Å²) in [6.07, 6.45) is 1.40. The maximum Gasteiger partial charge on any atom is 0.216 e. The van der Waals surface area contributed by atoms with Crippen LogP contribution in [0.2, 0.25) is 5.02 Å². The number of hydrogen-bond donors (Lipinski definition) is 1. The zero-order valence-corrected chi connectivity index (χ0v) is 19.8. The van der Waals surface area contributed by atoms with Gasteiger partial charge in [-0.15, -0.1) is 10.2 Å². The van der Waals surface area contributed by atoms with E-state index in [1.54, 1.807) is 19.2 Å². The third kappa shape index (κ3) is 5.89. The van der Waals surface area contributed by atoms with Gasteiger partial charge < -0.3 is 10.1 Å². The van der Waals surface area contributed by atoms with E-state index < -0.39 is 0 Å². The van der Waals surface area contributed by atoms with E-state index in [0.29, 0.717) is 40.3 Å². The summed E-state index contributed by atoms with van der Waals surface area (Å²) in [7, 11) is 1.55. The zero-order valence-electron chi connectivity index (χ0n) is 18.2. The van der Waals surface area contributed by atoms with Gasteiger partial charge in [0.2, 0.25) is 5.91 Å². The molecule has 9 heteroatoms. The van der Waals surface area contributed by atoms with Crippen LogP contribution in [0.3, 0.4) is 0 Å². The minimum Gasteiger partial charge on any atom is -0.495 e. The zero-order chi connectivity index (χ0) is 23.1. The maximum absolute atomic E-state index is 12.7. The van der Waals surface area contributed by atoms with Crippen molar-refractivity contribution in [3.05, 3.63) is 64.4 Å². The van der Waals surface area contributed by atoms with E-state index >= 15 is 0 Å². The largest absolute Gasteiger partial charge is 0.495 e. The summed E-state index contributed by atoms with van der Waals surface area (Å²) in [5, 5.41) is 12.4. The maximum atomic E-state index is 12.7. The van der Waals surface area contributed by atoms with Gasteiger partial charge in [-0.1, -0.05) is 54.6 Å². The normalized spacial score (nSPS) is 10.8. The van der Waals surface area contributed by atoms with Gasteiger partial charge in [0.15, 0.2) is 10.9 Å². The van der Waals surface area contributed by atoms with E-state index in [2.05, 4.69) is 22.4 Å². The van der Waals surface area contributed by atoms with Crippen molar-refractivity contribution < 1.29 is 14.3 Å². The number of halogens is 1. The van der Waals surface area contributed by atoms with Crippen molar-refractivity contribution in [3.8, 4) is 11.4 Å². The van der Waals surface area contributed by atoms with Crippen molar-refractivity contribution in [1.82, 2.24) is 20.1 Å². The Kier molecular flexibility index (Phi) is 8.30. The number of Topliss-reactive ketones (excluding diaryl/α,β-unsaturated/α-hetero) is 1. The summed E-state index contributed by atoms with van der Waals surface area (Å²) >= 11 is 7.64. The Morgan fingerprint density at radius 2 is 1.91 bits per heavy atom. The number of rotatable bonds is 10. The second-order valence-corrected chi connectivity index (χ2v) is 8.40. The predicted molar refractivity (Wildman–Crippen MR) is 126 cm³/mol. The molecule has 32 heavy (non-hydrogen) atoms. The lowest BCUT2D eigenvalue weighted by Crippen LogP contribution is -2.23. The van der Waals surface area contributed by atoms with Crippen molar-refractivity contribution in [2.24, 2.45) is 0 Å². The Balaban J connectivity index is 1.84. The van der Waals surface area contributed by atoms with Gasteiger partial charge in [-0.3, -0.25) is 14.2 Å². The first-order valence-electron chi connectivity index (χ1n) is 10.2. The SMILES string of the molecule is CCc1ccc(C(=O)CSc2nnc(CCNC(C)=O)n2-c2ccc(OC)c(Cl)c2)cc1. The molecule has 0 radical (unpaired) electrons. The van der Waals surface area contributed by atoms with Gasteiger partial charge in [-0.2, -0.15) is 0 Å². The number of carbonyl (C=O) groups is 2. The van der Waals surface area contributed by atoms with Crippen molar-refractivity contribution in [1.29, 1.82) is 0 Å². The standard InChI is InChI=1S/C23H25ClN4O3S/c1-4-16-5-7-17(8-6-16)20(30)14-32-23-27-26-22(11-12-25-15(2)29)28(23)18-9-10-21(31-3)19(24)13-18/h5-10,13H,4,11-12,14H2,1-3H3,(H,25,29). The number of nitrogens with zero attached hydrogens (tertiary/aromatic N) is 3. The Hall–Kier alpha value is -2.84. The molecule has 0 aliphatic rings. The van der Waals surface area contributed by atoms with E-state index in [1.165, 1.54) is 24.2 Å². The molecule has 7 nitrogen and oxygen atoms in total. The highest BCUT2D eigenvalue weighted by Crippen LogP contribution is 2.30. The number of aromatic nitrogens is 3. The van der Waals surface area contributed by atoms with Crippen LogP contribution in [-0.4, -0.2) is 45.9 Å². The Morgan fingerprint density at radius 3 is 2.53 bits per heavy atom. The van der Waals surface area contributed by atoms with Gasteiger partial charge in [0.25, 0.3) is 0 Å². The number of ether oxygens (including phenoxy) is 1. The van der Waals surface area contributed by atoms with Gasteiger partial charge in [-0.25, -0.2) is 0 Å². The highest BCUT2D eigenvalue weighted by molar-refractivity contribution is 7.99. The number of ketones is 1. The van der Waals surface area contributed by atoms with E-state index in [4.69, 9.17) is 16.3 Å². The molecular weight excluding hydrogens is 448 g/mol. The lowest BCUT2D eigenvalue weighted by Gasteiger charge is -2.12. The molecule has 0 spiro atoms. The van der Waals surface area contributed by atoms with Crippen LogP contribution < -0.4 is 10.1 Å². The number of amides is 1. The molecule has 0 aliphatic carbocycles. The average molecular weight is 473 g/mol. The second-order valence-electron chi connectivity index (χ2n) is 7.05. The highest BCUT2D eigenvalue weighted by Gasteiger charge is 2.17. The number of nitrogens with one attached hydrogen (secondary N) is 1. The lowest BCUT2D eigenvalue weighted by molar-refractivity contribution is -0.118. The van der Waals surface area contributed by atoms with E-state index in [1.807, 2.05) is 34.9 Å². The third-order valence-electron chi connectivity index (χ3n) is 4.83. The van der Waals surface area contributed by atoms with Crippen LogP contribution in [0.15, 0.2) is 47.6 Å². The van der Waals surface area contributed by atoms with Gasteiger partial charge in [0, 0.05) is 25.5 Å². The fourth-order valence-electron chi connectivity index (χ4n) is 3.10. The molecule has 3 rings (SSSR count). The molecule has 3 aromatic rings. The molecule has 168 valence electrons. The van der Waals surface area contributed by atoms with Crippen LogP contribution in [0, 0.1) is 0 Å². The number of carbonyl (C=O) groups excluding carboxylic acids is 2. The van der Waals surface area contributed by atoms with Crippen LogP contribution in [-0.2, 0) is 17.6 Å². The quantitative estimate of drug-likeness (QED) is 0.352. The number of benzene rings is 2. The van der Waals surface area contributed by atoms with Crippen molar-refractivity contribution in [2.75, 3.05) is 19.4 Å². The molecule has 1 aromatic heterocycles. The summed E-state index contributed by atoms with van der Waals surface area (Å²) in [5.74, 6) is 1.34. The minimum absolute atomic E-state index is 0.0137. The lowest BCUT2D eigenvalue weighted by atomic mass is 10.1. The third-order valence-corrected chi connectivity index (χ3v) is 6.06. The first kappa shape index (κ1) is 23.8. The van der Waals surface area contributed by atoms with Crippen molar-refractivity contribution in [3.63, 3.8) is 0 Å². The Bertz CT molecular complexity index is 1100. The number of aryl methyl sites for hydroxylation is 1. The summed E-state index contributed by atoms with van der Waals surface area (Å²) in [4.78, 5) is 23.9. The molecule has 0 saturated carbocycles. The van der Waals surface area contributed by atoms with Crippen molar-refractivity contribution in [2.45, 2.75) is 31.8 Å². The van der Waals surface area contributed by atoms with E-state index in [0.717, 1.165) is 12.1 Å². The minimum atomic E-state index is -0.113. The molecule has 0 aliphatic heterocycles. The monoisotopic (exact) mass is 472 g/mol. The molecule has 0 fully saturated rings. The molecule has 1 N–H and O–H groups in total. The molecule has 0 bridgehead atoms. The fourth-order valence-corrected chi connectivity index (χ4v) is 4.22. The van der Waals surface area contributed by atoms with Crippen LogP contribution >= 0.6 is 23.4 Å². The molecule has 0 unspecified atom stereocenters. The number of thioether (sulfide) groups is 1. The van der Waals surface area contributed by atoms with Gasteiger partial charge >= 0.3 is 0 Å². The van der Waals surface area contributed by atoms with Gasteiger partial charge in [0.1, 0.15) is 11.6 Å². The predicted octanol–water partition coefficient (Wildman–Crippen LogP) is 4.15.